The largest absolute Gasteiger partial charge is 0.465 e. The van der Waals surface area contributed by atoms with Gasteiger partial charge in [-0.15, -0.1) is 0 Å². The van der Waals surface area contributed by atoms with Crippen LogP contribution in [-0.4, -0.2) is 69.7 Å². The van der Waals surface area contributed by atoms with Crippen LogP contribution in [0.4, 0.5) is 15.0 Å². The number of aromatic nitrogens is 4. The molecule has 1 aliphatic heterocycles. The molecule has 0 bridgehead atoms. The van der Waals surface area contributed by atoms with Crippen molar-refractivity contribution >= 4 is 32.8 Å². The van der Waals surface area contributed by atoms with Crippen LogP contribution in [0.5, 0.6) is 0 Å². The number of nitrogens with zero attached hydrogens (tertiary/aromatic N) is 5. The summed E-state index contributed by atoms with van der Waals surface area (Å²) in [7, 11) is -3.54. The maximum Gasteiger partial charge on any atom is 0.407 e. The molecule has 0 spiro atoms. The van der Waals surface area contributed by atoms with Crippen LogP contribution in [0.25, 0.3) is 16.7 Å². The van der Waals surface area contributed by atoms with E-state index in [1.165, 1.54) is 34.2 Å². The van der Waals surface area contributed by atoms with Crippen LogP contribution in [0, 0.1) is 5.82 Å². The number of anilines is 1. The highest BCUT2D eigenvalue weighted by atomic mass is 32.2. The summed E-state index contributed by atoms with van der Waals surface area (Å²) in [5, 5.41) is 17.2. The second-order valence-electron chi connectivity index (χ2n) is 7.11. The molecule has 3 aromatic rings. The number of hydrogen-bond donors (Lipinski definition) is 2. The zero-order chi connectivity index (χ0) is 21.5. The molecule has 2 N–H and O–H groups in total. The normalized spacial score (nSPS) is 17.3. The van der Waals surface area contributed by atoms with E-state index in [0.29, 0.717) is 29.9 Å². The van der Waals surface area contributed by atoms with Gasteiger partial charge >= 0.3 is 6.09 Å². The van der Waals surface area contributed by atoms with Crippen LogP contribution in [0.2, 0.25) is 0 Å². The first-order valence-corrected chi connectivity index (χ1v) is 11.1. The number of nitrogens with one attached hydrogen (secondary N) is 1. The second-order valence-corrected chi connectivity index (χ2v) is 9.13. The standard InChI is InChI=1S/C18H19FN6O4S/c1-30(28,29)12-4-5-15(14(19)7-12)25-17-13(8-22-25)16(20-10-21-17)23-11-3-2-6-24(9-11)18(26)27/h4-5,7-8,10-11H,2-3,6,9H2,1H3,(H,26,27)(H,20,21,23). The lowest BCUT2D eigenvalue weighted by Crippen LogP contribution is -2.44. The van der Waals surface area contributed by atoms with Gasteiger partial charge in [0.15, 0.2) is 15.5 Å². The number of fused-ring (bicyclic) bond motifs is 1. The highest BCUT2D eigenvalue weighted by Gasteiger charge is 2.24. The van der Waals surface area contributed by atoms with Gasteiger partial charge < -0.3 is 15.3 Å². The van der Waals surface area contributed by atoms with Crippen LogP contribution < -0.4 is 5.32 Å². The van der Waals surface area contributed by atoms with Crippen LogP contribution >= 0.6 is 0 Å². The van der Waals surface area contributed by atoms with Gasteiger partial charge in [-0.3, -0.25) is 0 Å². The molecule has 4 rings (SSSR count). The van der Waals surface area contributed by atoms with E-state index in [2.05, 4.69) is 20.4 Å². The lowest BCUT2D eigenvalue weighted by atomic mass is 10.1. The maximum absolute atomic E-state index is 14.6. The third kappa shape index (κ3) is 3.77. The van der Waals surface area contributed by atoms with E-state index in [0.717, 1.165) is 25.2 Å². The van der Waals surface area contributed by atoms with Crippen molar-refractivity contribution in [3.8, 4) is 5.69 Å². The fraction of sp³-hybridized carbons (Fsp3) is 0.333. The zero-order valence-corrected chi connectivity index (χ0v) is 16.8. The number of piperidine rings is 1. The molecule has 1 aliphatic rings. The Morgan fingerprint density at radius 2 is 2.13 bits per heavy atom. The van der Waals surface area contributed by atoms with Gasteiger partial charge in [0.1, 0.15) is 23.6 Å². The molecule has 158 valence electrons. The van der Waals surface area contributed by atoms with Gasteiger partial charge in [-0.2, -0.15) is 5.10 Å². The Morgan fingerprint density at radius 1 is 1.33 bits per heavy atom. The molecule has 0 aliphatic carbocycles. The molecule has 1 fully saturated rings. The SMILES string of the molecule is CS(=O)(=O)c1ccc(-n2ncc3c(NC4CCCN(C(=O)O)C4)ncnc32)c(F)c1. The van der Waals surface area contributed by atoms with Gasteiger partial charge in [-0.1, -0.05) is 0 Å². The molecule has 0 radical (unpaired) electrons. The Hall–Kier alpha value is -3.28. The Balaban J connectivity index is 1.67. The number of rotatable bonds is 4. The first kappa shape index (κ1) is 20.0. The molecule has 10 nitrogen and oxygen atoms in total. The van der Waals surface area contributed by atoms with E-state index in [4.69, 9.17) is 0 Å². The van der Waals surface area contributed by atoms with Gasteiger partial charge in [-0.05, 0) is 31.0 Å². The molecule has 1 amide bonds. The van der Waals surface area contributed by atoms with Crippen molar-refractivity contribution in [2.24, 2.45) is 0 Å². The van der Waals surface area contributed by atoms with Crippen molar-refractivity contribution < 1.29 is 22.7 Å². The van der Waals surface area contributed by atoms with Crippen molar-refractivity contribution in [1.29, 1.82) is 0 Å². The van der Waals surface area contributed by atoms with Gasteiger partial charge in [-0.25, -0.2) is 32.3 Å². The fourth-order valence-corrected chi connectivity index (χ4v) is 4.12. The van der Waals surface area contributed by atoms with Crippen molar-refractivity contribution in [3.05, 3.63) is 36.5 Å². The number of halogens is 1. The average Bonchev–Trinajstić information content (AvgIpc) is 3.12. The minimum Gasteiger partial charge on any atom is -0.465 e. The lowest BCUT2D eigenvalue weighted by molar-refractivity contribution is 0.133. The Labute approximate surface area is 171 Å². The third-order valence-electron chi connectivity index (χ3n) is 4.97. The Morgan fingerprint density at radius 3 is 2.83 bits per heavy atom. The first-order chi connectivity index (χ1) is 14.2. The van der Waals surface area contributed by atoms with Gasteiger partial charge in [0.25, 0.3) is 0 Å². The Bertz CT molecular complexity index is 1230. The highest BCUT2D eigenvalue weighted by molar-refractivity contribution is 7.90. The monoisotopic (exact) mass is 434 g/mol. The second kappa shape index (κ2) is 7.52. The summed E-state index contributed by atoms with van der Waals surface area (Å²) in [5.41, 5.74) is 0.390. The maximum atomic E-state index is 14.6. The summed E-state index contributed by atoms with van der Waals surface area (Å²) in [5.74, 6) is -0.280. The van der Waals surface area contributed by atoms with E-state index in [1.807, 2.05) is 0 Å². The predicted molar refractivity (Wildman–Crippen MR) is 106 cm³/mol. The fourth-order valence-electron chi connectivity index (χ4n) is 3.49. The van der Waals surface area contributed by atoms with E-state index in [-0.39, 0.29) is 16.6 Å². The quantitative estimate of drug-likeness (QED) is 0.637. The topological polar surface area (TPSA) is 130 Å². The molecular weight excluding hydrogens is 415 g/mol. The number of benzene rings is 1. The van der Waals surface area contributed by atoms with E-state index in [1.54, 1.807) is 0 Å². The molecule has 3 heterocycles. The summed E-state index contributed by atoms with van der Waals surface area (Å²) in [6.45, 7) is 0.823. The van der Waals surface area contributed by atoms with Gasteiger partial charge in [0, 0.05) is 25.4 Å². The molecule has 2 aromatic heterocycles. The van der Waals surface area contributed by atoms with E-state index < -0.39 is 21.7 Å². The zero-order valence-electron chi connectivity index (χ0n) is 16.0. The molecule has 1 saturated heterocycles. The van der Waals surface area contributed by atoms with Crippen molar-refractivity contribution in [2.45, 2.75) is 23.8 Å². The summed E-state index contributed by atoms with van der Waals surface area (Å²) >= 11 is 0. The summed E-state index contributed by atoms with van der Waals surface area (Å²) in [6.07, 6.45) is 4.35. The summed E-state index contributed by atoms with van der Waals surface area (Å²) < 4.78 is 39.2. The minimum absolute atomic E-state index is 0.0526. The minimum atomic E-state index is -3.54. The van der Waals surface area contributed by atoms with Crippen molar-refractivity contribution in [2.75, 3.05) is 24.7 Å². The average molecular weight is 434 g/mol. The molecule has 1 atom stereocenters. The first-order valence-electron chi connectivity index (χ1n) is 9.17. The van der Waals surface area contributed by atoms with Crippen molar-refractivity contribution in [3.63, 3.8) is 0 Å². The molecule has 12 heteroatoms. The van der Waals surface area contributed by atoms with Crippen molar-refractivity contribution in [1.82, 2.24) is 24.6 Å². The van der Waals surface area contributed by atoms with Gasteiger partial charge in [0.2, 0.25) is 0 Å². The lowest BCUT2D eigenvalue weighted by Gasteiger charge is -2.31. The number of hydrogen-bond acceptors (Lipinski definition) is 7. The molecular formula is C18H19FN6O4S. The van der Waals surface area contributed by atoms with E-state index >= 15 is 0 Å². The van der Waals surface area contributed by atoms with E-state index in [9.17, 15) is 22.7 Å². The number of carbonyl (C=O) groups is 1. The summed E-state index contributed by atoms with van der Waals surface area (Å²) in [4.78, 5) is 20.9. The number of sulfone groups is 1. The molecule has 1 unspecified atom stereocenters. The number of carboxylic acid groups (broad SMARTS) is 1. The number of amides is 1. The van der Waals surface area contributed by atoms with Gasteiger partial charge in [0.05, 0.1) is 16.5 Å². The number of likely N-dealkylation sites (tertiary alicyclic amines) is 1. The smallest absolute Gasteiger partial charge is 0.407 e. The highest BCUT2D eigenvalue weighted by Crippen LogP contribution is 2.26. The summed E-state index contributed by atoms with van der Waals surface area (Å²) in [6, 6.07) is 3.46. The Kier molecular flexibility index (Phi) is 5.02. The van der Waals surface area contributed by atoms with Crippen LogP contribution in [-0.2, 0) is 9.84 Å². The third-order valence-corrected chi connectivity index (χ3v) is 6.08. The molecule has 0 saturated carbocycles. The molecule has 1 aromatic carbocycles. The predicted octanol–water partition coefficient (Wildman–Crippen LogP) is 1.91. The van der Waals surface area contributed by atoms with Crippen LogP contribution in [0.1, 0.15) is 12.8 Å². The van der Waals surface area contributed by atoms with Crippen LogP contribution in [0.15, 0.2) is 35.6 Å². The molecule has 30 heavy (non-hydrogen) atoms. The van der Waals surface area contributed by atoms with Crippen LogP contribution in [0.3, 0.4) is 0 Å².